The molecule has 2 aliphatic rings. The zero-order valence-corrected chi connectivity index (χ0v) is 14.1. The molecule has 3 heterocycles. The summed E-state index contributed by atoms with van der Waals surface area (Å²) in [5.74, 6) is -0.0513. The van der Waals surface area contributed by atoms with Crippen LogP contribution in [0.25, 0.3) is 11.0 Å². The Labute approximate surface area is 152 Å². The van der Waals surface area contributed by atoms with E-state index in [-0.39, 0.29) is 5.96 Å². The highest BCUT2D eigenvalue weighted by Crippen LogP contribution is 2.39. The Bertz CT molecular complexity index is 1100. The van der Waals surface area contributed by atoms with Crippen molar-refractivity contribution >= 4 is 22.9 Å². The summed E-state index contributed by atoms with van der Waals surface area (Å²) in [4.78, 5) is 8.91. The molecule has 138 valence electrons. The fourth-order valence-corrected chi connectivity index (χ4v) is 3.32. The van der Waals surface area contributed by atoms with Gasteiger partial charge in [0.25, 0.3) is 0 Å². The van der Waals surface area contributed by atoms with Gasteiger partial charge in [-0.3, -0.25) is 9.88 Å². The Morgan fingerprint density at radius 1 is 1.07 bits per heavy atom. The minimum absolute atomic E-state index is 0.140. The van der Waals surface area contributed by atoms with Gasteiger partial charge in [0.15, 0.2) is 35.3 Å². The predicted molar refractivity (Wildman–Crippen MR) is 95.1 cm³/mol. The highest BCUT2D eigenvalue weighted by molar-refractivity contribution is 5.95. The average Bonchev–Trinajstić information content (AvgIpc) is 2.83. The number of hydrogen-bond donors (Lipinski definition) is 2. The molecule has 0 spiro atoms. The number of rotatable bonds is 1. The van der Waals surface area contributed by atoms with E-state index in [2.05, 4.69) is 15.3 Å². The molecular formula is C18H15F2N5O2. The van der Waals surface area contributed by atoms with Gasteiger partial charge in [0.2, 0.25) is 5.95 Å². The summed E-state index contributed by atoms with van der Waals surface area (Å²) < 4.78 is 40.4. The van der Waals surface area contributed by atoms with Crippen LogP contribution in [-0.4, -0.2) is 28.7 Å². The van der Waals surface area contributed by atoms with E-state index in [0.717, 1.165) is 18.6 Å². The topological polar surface area (TPSA) is 86.7 Å². The fourth-order valence-electron chi connectivity index (χ4n) is 3.32. The number of nitrogens with two attached hydrogens (primary N) is 1. The first-order chi connectivity index (χ1) is 13.1. The lowest BCUT2D eigenvalue weighted by molar-refractivity contribution is 0.297. The molecule has 3 N–H and O–H groups in total. The SMILES string of the molecule is NC1=NC(c2ccc(F)c(F)c2)n2c(nc3cc4c(cc32)OCCCO4)N1. The standard InChI is InChI=1S/C18H15F2N5O2/c19-10-3-2-9(6-11(10)20)16-23-17(21)24-18-22-12-7-14-15(8-13(12)25(16)18)27-5-1-4-26-14/h2-3,6-8,16H,1,4-5H2,(H3,21,22,23,24). The molecule has 0 amide bonds. The maximum atomic E-state index is 13.8. The van der Waals surface area contributed by atoms with E-state index < -0.39 is 17.8 Å². The number of guanidine groups is 1. The van der Waals surface area contributed by atoms with E-state index >= 15 is 0 Å². The first kappa shape index (κ1) is 15.9. The molecule has 3 aromatic rings. The van der Waals surface area contributed by atoms with Crippen molar-refractivity contribution in [2.24, 2.45) is 10.7 Å². The van der Waals surface area contributed by atoms with Gasteiger partial charge in [-0.05, 0) is 12.1 Å². The molecule has 5 rings (SSSR count). The van der Waals surface area contributed by atoms with Gasteiger partial charge in [0, 0.05) is 24.1 Å². The van der Waals surface area contributed by atoms with Crippen LogP contribution in [0, 0.1) is 11.6 Å². The summed E-state index contributed by atoms with van der Waals surface area (Å²) in [5, 5.41) is 2.91. The Hall–Kier alpha value is -3.36. The molecule has 0 saturated heterocycles. The molecule has 1 unspecified atom stereocenters. The Balaban J connectivity index is 1.71. The normalized spacial score (nSPS) is 18.4. The second-order valence-corrected chi connectivity index (χ2v) is 6.33. The van der Waals surface area contributed by atoms with Crippen LogP contribution in [0.2, 0.25) is 0 Å². The van der Waals surface area contributed by atoms with Gasteiger partial charge in [-0.15, -0.1) is 0 Å². The highest BCUT2D eigenvalue weighted by Gasteiger charge is 2.27. The van der Waals surface area contributed by atoms with Crippen LogP contribution in [0.4, 0.5) is 14.7 Å². The van der Waals surface area contributed by atoms with E-state index in [0.29, 0.717) is 47.3 Å². The van der Waals surface area contributed by atoms with Crippen LogP contribution < -0.4 is 20.5 Å². The smallest absolute Gasteiger partial charge is 0.212 e. The van der Waals surface area contributed by atoms with Gasteiger partial charge in [0.1, 0.15) is 0 Å². The van der Waals surface area contributed by atoms with E-state index in [1.165, 1.54) is 6.07 Å². The second kappa shape index (κ2) is 5.83. The molecule has 2 aromatic carbocycles. The third-order valence-electron chi connectivity index (χ3n) is 4.55. The van der Waals surface area contributed by atoms with E-state index in [4.69, 9.17) is 15.2 Å². The average molecular weight is 371 g/mol. The summed E-state index contributed by atoms with van der Waals surface area (Å²) in [6.07, 6.45) is 0.100. The number of fused-ring (bicyclic) bond motifs is 4. The monoisotopic (exact) mass is 371 g/mol. The third kappa shape index (κ3) is 2.54. The number of nitrogens with zero attached hydrogens (tertiary/aromatic N) is 3. The van der Waals surface area contributed by atoms with Gasteiger partial charge < -0.3 is 15.2 Å². The van der Waals surface area contributed by atoms with E-state index in [9.17, 15) is 8.78 Å². The second-order valence-electron chi connectivity index (χ2n) is 6.33. The number of benzene rings is 2. The zero-order chi connectivity index (χ0) is 18.5. The Morgan fingerprint density at radius 3 is 2.63 bits per heavy atom. The quantitative estimate of drug-likeness (QED) is 0.687. The van der Waals surface area contributed by atoms with Crippen LogP contribution in [0.5, 0.6) is 11.5 Å². The first-order valence-electron chi connectivity index (χ1n) is 8.47. The number of nitrogens with one attached hydrogen (secondary N) is 1. The number of anilines is 1. The number of ether oxygens (including phenoxy) is 2. The Morgan fingerprint density at radius 2 is 1.85 bits per heavy atom. The molecule has 9 heteroatoms. The molecule has 7 nitrogen and oxygen atoms in total. The van der Waals surface area contributed by atoms with Crippen molar-refractivity contribution in [3.63, 3.8) is 0 Å². The fraction of sp³-hybridized carbons (Fsp3) is 0.222. The van der Waals surface area contributed by atoms with Gasteiger partial charge in [-0.2, -0.15) is 0 Å². The van der Waals surface area contributed by atoms with Gasteiger partial charge in [0.05, 0.1) is 24.2 Å². The summed E-state index contributed by atoms with van der Waals surface area (Å²) in [6, 6.07) is 7.27. The lowest BCUT2D eigenvalue weighted by Gasteiger charge is -2.24. The minimum Gasteiger partial charge on any atom is -0.489 e. The summed E-state index contributed by atoms with van der Waals surface area (Å²) >= 11 is 0. The van der Waals surface area contributed by atoms with Crippen LogP contribution >= 0.6 is 0 Å². The predicted octanol–water partition coefficient (Wildman–Crippen LogP) is 2.76. The molecule has 0 bridgehead atoms. The number of imidazole rings is 1. The molecule has 0 saturated carbocycles. The molecule has 2 aliphatic heterocycles. The molecule has 0 fully saturated rings. The van der Waals surface area contributed by atoms with Crippen molar-refractivity contribution in [1.82, 2.24) is 9.55 Å². The van der Waals surface area contributed by atoms with E-state index in [1.54, 1.807) is 10.6 Å². The summed E-state index contributed by atoms with van der Waals surface area (Å²) in [7, 11) is 0. The van der Waals surface area contributed by atoms with Crippen LogP contribution in [0.3, 0.4) is 0 Å². The van der Waals surface area contributed by atoms with Crippen molar-refractivity contribution < 1.29 is 18.3 Å². The lowest BCUT2D eigenvalue weighted by Crippen LogP contribution is -2.31. The van der Waals surface area contributed by atoms with Gasteiger partial charge in [-0.1, -0.05) is 6.07 Å². The number of hydrogen-bond acceptors (Lipinski definition) is 6. The summed E-state index contributed by atoms with van der Waals surface area (Å²) in [6.45, 7) is 1.12. The van der Waals surface area contributed by atoms with Crippen molar-refractivity contribution in [1.29, 1.82) is 0 Å². The molecule has 1 atom stereocenters. The Kier molecular flexibility index (Phi) is 3.43. The molecule has 0 aliphatic carbocycles. The molecule has 1 aromatic heterocycles. The lowest BCUT2D eigenvalue weighted by atomic mass is 10.1. The third-order valence-corrected chi connectivity index (χ3v) is 4.55. The van der Waals surface area contributed by atoms with Gasteiger partial charge >= 0.3 is 0 Å². The largest absolute Gasteiger partial charge is 0.489 e. The highest BCUT2D eigenvalue weighted by atomic mass is 19.2. The molecular weight excluding hydrogens is 356 g/mol. The molecule has 27 heavy (non-hydrogen) atoms. The first-order valence-corrected chi connectivity index (χ1v) is 8.47. The maximum absolute atomic E-state index is 13.8. The summed E-state index contributed by atoms with van der Waals surface area (Å²) in [5.41, 5.74) is 7.70. The number of aromatic nitrogens is 2. The van der Waals surface area contributed by atoms with Crippen molar-refractivity contribution in [2.45, 2.75) is 12.6 Å². The van der Waals surface area contributed by atoms with Crippen LogP contribution in [0.15, 0.2) is 35.3 Å². The van der Waals surface area contributed by atoms with Crippen LogP contribution in [0.1, 0.15) is 18.2 Å². The van der Waals surface area contributed by atoms with E-state index in [1.807, 2.05) is 6.07 Å². The van der Waals surface area contributed by atoms with Crippen molar-refractivity contribution in [3.05, 3.63) is 47.5 Å². The maximum Gasteiger partial charge on any atom is 0.212 e. The van der Waals surface area contributed by atoms with Crippen molar-refractivity contribution in [3.8, 4) is 11.5 Å². The van der Waals surface area contributed by atoms with Crippen molar-refractivity contribution in [2.75, 3.05) is 18.5 Å². The molecule has 0 radical (unpaired) electrons. The van der Waals surface area contributed by atoms with Gasteiger partial charge in [-0.25, -0.2) is 18.8 Å². The zero-order valence-electron chi connectivity index (χ0n) is 14.1. The number of halogens is 2. The minimum atomic E-state index is -0.948. The number of aliphatic imine (C=N–C) groups is 1. The van der Waals surface area contributed by atoms with Crippen LogP contribution in [-0.2, 0) is 0 Å².